The SMILES string of the molecule is CC(C)COC(=O)N1CCC(C(=O)OCc2cc3ccccc3o2)CC1. The van der Waals surface area contributed by atoms with Gasteiger partial charge in [-0.05, 0) is 30.9 Å². The van der Waals surface area contributed by atoms with Gasteiger partial charge in [0.1, 0.15) is 18.0 Å². The Bertz CT molecular complexity index is 725. The molecule has 0 radical (unpaired) electrons. The lowest BCUT2D eigenvalue weighted by atomic mass is 9.97. The predicted octanol–water partition coefficient (Wildman–Crippen LogP) is 3.98. The number of rotatable bonds is 5. The predicted molar refractivity (Wildman–Crippen MR) is 96.5 cm³/mol. The van der Waals surface area contributed by atoms with Gasteiger partial charge >= 0.3 is 12.1 Å². The summed E-state index contributed by atoms with van der Waals surface area (Å²) in [7, 11) is 0. The number of hydrogen-bond acceptors (Lipinski definition) is 5. The van der Waals surface area contributed by atoms with E-state index in [1.165, 1.54) is 0 Å². The van der Waals surface area contributed by atoms with Crippen molar-refractivity contribution in [2.45, 2.75) is 33.3 Å². The Morgan fingerprint density at radius 3 is 2.62 bits per heavy atom. The van der Waals surface area contributed by atoms with Gasteiger partial charge in [0.2, 0.25) is 0 Å². The average molecular weight is 359 g/mol. The van der Waals surface area contributed by atoms with Crippen molar-refractivity contribution in [3.63, 3.8) is 0 Å². The van der Waals surface area contributed by atoms with Crippen LogP contribution in [0.2, 0.25) is 0 Å². The number of nitrogens with zero attached hydrogens (tertiary/aromatic N) is 1. The molecule has 2 aromatic rings. The molecule has 2 heterocycles. The van der Waals surface area contributed by atoms with E-state index in [1.54, 1.807) is 4.90 Å². The van der Waals surface area contributed by atoms with E-state index in [0.29, 0.717) is 44.2 Å². The molecule has 26 heavy (non-hydrogen) atoms. The monoisotopic (exact) mass is 359 g/mol. The van der Waals surface area contributed by atoms with Crippen molar-refractivity contribution in [2.24, 2.45) is 11.8 Å². The van der Waals surface area contributed by atoms with Gasteiger partial charge < -0.3 is 18.8 Å². The lowest BCUT2D eigenvalue weighted by Crippen LogP contribution is -2.41. The highest BCUT2D eigenvalue weighted by Crippen LogP contribution is 2.22. The summed E-state index contributed by atoms with van der Waals surface area (Å²) in [4.78, 5) is 25.9. The maximum atomic E-state index is 12.3. The number of carbonyl (C=O) groups excluding carboxylic acids is 2. The van der Waals surface area contributed by atoms with Gasteiger partial charge in [0.15, 0.2) is 0 Å². The molecular weight excluding hydrogens is 334 g/mol. The Morgan fingerprint density at radius 2 is 1.92 bits per heavy atom. The summed E-state index contributed by atoms with van der Waals surface area (Å²) in [5.74, 6) is 0.521. The molecule has 1 fully saturated rings. The highest BCUT2D eigenvalue weighted by molar-refractivity contribution is 5.78. The highest BCUT2D eigenvalue weighted by Gasteiger charge is 2.29. The van der Waals surface area contributed by atoms with Gasteiger partial charge in [-0.3, -0.25) is 4.79 Å². The van der Waals surface area contributed by atoms with Gasteiger partial charge in [0.05, 0.1) is 12.5 Å². The second-order valence-electron chi connectivity index (χ2n) is 7.09. The molecule has 1 aromatic heterocycles. The van der Waals surface area contributed by atoms with Crippen molar-refractivity contribution >= 4 is 23.0 Å². The third kappa shape index (κ3) is 4.56. The minimum Gasteiger partial charge on any atom is -0.457 e. The molecular formula is C20H25NO5. The number of furan rings is 1. The maximum Gasteiger partial charge on any atom is 0.409 e. The van der Waals surface area contributed by atoms with E-state index in [9.17, 15) is 9.59 Å². The van der Waals surface area contributed by atoms with E-state index in [0.717, 1.165) is 11.0 Å². The molecule has 0 saturated carbocycles. The molecule has 0 aliphatic carbocycles. The fourth-order valence-corrected chi connectivity index (χ4v) is 3.00. The number of ether oxygens (including phenoxy) is 2. The fraction of sp³-hybridized carbons (Fsp3) is 0.500. The van der Waals surface area contributed by atoms with Gasteiger partial charge in [-0.15, -0.1) is 0 Å². The van der Waals surface area contributed by atoms with Crippen LogP contribution >= 0.6 is 0 Å². The molecule has 1 aliphatic heterocycles. The zero-order valence-electron chi connectivity index (χ0n) is 15.3. The second-order valence-corrected chi connectivity index (χ2v) is 7.09. The largest absolute Gasteiger partial charge is 0.457 e. The lowest BCUT2D eigenvalue weighted by Gasteiger charge is -2.30. The van der Waals surface area contributed by atoms with Gasteiger partial charge in [0, 0.05) is 18.5 Å². The third-order valence-electron chi connectivity index (χ3n) is 4.46. The number of esters is 1. The number of amides is 1. The van der Waals surface area contributed by atoms with Crippen molar-refractivity contribution in [1.82, 2.24) is 4.90 Å². The quantitative estimate of drug-likeness (QED) is 0.755. The van der Waals surface area contributed by atoms with Crippen LogP contribution in [0.4, 0.5) is 4.79 Å². The van der Waals surface area contributed by atoms with E-state index in [2.05, 4.69) is 0 Å². The first-order chi connectivity index (χ1) is 12.5. The second kappa shape index (κ2) is 8.25. The Labute approximate surface area is 153 Å². The van der Waals surface area contributed by atoms with Crippen LogP contribution in [-0.4, -0.2) is 36.7 Å². The van der Waals surface area contributed by atoms with Crippen molar-refractivity contribution in [3.8, 4) is 0 Å². The van der Waals surface area contributed by atoms with Crippen molar-refractivity contribution in [1.29, 1.82) is 0 Å². The standard InChI is InChI=1S/C20H25NO5/c1-14(2)12-25-20(23)21-9-7-15(8-10-21)19(22)24-13-17-11-16-5-3-4-6-18(16)26-17/h3-6,11,14-15H,7-10,12-13H2,1-2H3. The fourth-order valence-electron chi connectivity index (χ4n) is 3.00. The van der Waals surface area contributed by atoms with Crippen LogP contribution in [0.15, 0.2) is 34.7 Å². The first kappa shape index (κ1) is 18.3. The number of para-hydroxylation sites is 1. The van der Waals surface area contributed by atoms with E-state index in [1.807, 2.05) is 44.2 Å². The highest BCUT2D eigenvalue weighted by atomic mass is 16.6. The summed E-state index contributed by atoms with van der Waals surface area (Å²) in [6, 6.07) is 9.57. The Balaban J connectivity index is 1.44. The molecule has 0 spiro atoms. The normalized spacial score (nSPS) is 15.4. The number of benzene rings is 1. The molecule has 140 valence electrons. The minimum atomic E-state index is -0.298. The van der Waals surface area contributed by atoms with Crippen LogP contribution in [-0.2, 0) is 20.9 Å². The van der Waals surface area contributed by atoms with Gasteiger partial charge in [-0.2, -0.15) is 0 Å². The molecule has 1 aromatic carbocycles. The van der Waals surface area contributed by atoms with Crippen molar-refractivity contribution in [2.75, 3.05) is 19.7 Å². The summed E-state index contributed by atoms with van der Waals surface area (Å²) in [6.45, 7) is 5.57. The topological polar surface area (TPSA) is 69.0 Å². The van der Waals surface area contributed by atoms with Crippen molar-refractivity contribution in [3.05, 3.63) is 36.1 Å². The van der Waals surface area contributed by atoms with Gasteiger partial charge in [0.25, 0.3) is 0 Å². The third-order valence-corrected chi connectivity index (χ3v) is 4.46. The van der Waals surface area contributed by atoms with E-state index in [-0.39, 0.29) is 24.6 Å². The van der Waals surface area contributed by atoms with E-state index >= 15 is 0 Å². The Kier molecular flexibility index (Phi) is 5.81. The molecule has 1 saturated heterocycles. The number of carbonyl (C=O) groups is 2. The summed E-state index contributed by atoms with van der Waals surface area (Å²) >= 11 is 0. The van der Waals surface area contributed by atoms with E-state index < -0.39 is 0 Å². The maximum absolute atomic E-state index is 12.3. The van der Waals surface area contributed by atoms with Crippen LogP contribution in [0.1, 0.15) is 32.4 Å². The number of fused-ring (bicyclic) bond motifs is 1. The van der Waals surface area contributed by atoms with E-state index in [4.69, 9.17) is 13.9 Å². The van der Waals surface area contributed by atoms with Gasteiger partial charge in [-0.25, -0.2) is 4.79 Å². The van der Waals surface area contributed by atoms with Gasteiger partial charge in [-0.1, -0.05) is 32.0 Å². The van der Waals surface area contributed by atoms with Crippen LogP contribution in [0.5, 0.6) is 0 Å². The zero-order chi connectivity index (χ0) is 18.5. The molecule has 0 unspecified atom stereocenters. The number of hydrogen-bond donors (Lipinski definition) is 0. The summed E-state index contributed by atoms with van der Waals surface area (Å²) in [6.07, 6.45) is 0.888. The lowest BCUT2D eigenvalue weighted by molar-refractivity contribution is -0.152. The first-order valence-corrected chi connectivity index (χ1v) is 9.08. The molecule has 6 nitrogen and oxygen atoms in total. The van der Waals surface area contributed by atoms with Crippen LogP contribution in [0.3, 0.4) is 0 Å². The molecule has 1 amide bonds. The molecule has 6 heteroatoms. The number of piperidine rings is 1. The van der Waals surface area contributed by atoms with Crippen LogP contribution in [0.25, 0.3) is 11.0 Å². The Hall–Kier alpha value is -2.50. The van der Waals surface area contributed by atoms with Crippen molar-refractivity contribution < 1.29 is 23.5 Å². The summed E-state index contributed by atoms with van der Waals surface area (Å²) < 4.78 is 16.3. The molecule has 0 atom stereocenters. The Morgan fingerprint density at radius 1 is 1.19 bits per heavy atom. The summed E-state index contributed by atoms with van der Waals surface area (Å²) in [5.41, 5.74) is 0.784. The van der Waals surface area contributed by atoms with Crippen LogP contribution in [0, 0.1) is 11.8 Å². The molecule has 1 aliphatic rings. The molecule has 0 N–H and O–H groups in total. The molecule has 0 bridgehead atoms. The zero-order valence-corrected chi connectivity index (χ0v) is 15.3. The van der Waals surface area contributed by atoms with Crippen LogP contribution < -0.4 is 0 Å². The average Bonchev–Trinajstić information content (AvgIpc) is 3.07. The summed E-state index contributed by atoms with van der Waals surface area (Å²) in [5, 5.41) is 0.992. The minimum absolute atomic E-state index is 0.129. The smallest absolute Gasteiger partial charge is 0.409 e. The first-order valence-electron chi connectivity index (χ1n) is 9.08. The number of likely N-dealkylation sites (tertiary alicyclic amines) is 1. The molecule has 3 rings (SSSR count).